The third-order valence-electron chi connectivity index (χ3n) is 2.66. The quantitative estimate of drug-likeness (QED) is 0.650. The van der Waals surface area contributed by atoms with Gasteiger partial charge in [0.1, 0.15) is 17.3 Å². The summed E-state index contributed by atoms with van der Waals surface area (Å²) >= 11 is 0. The molecule has 0 saturated carbocycles. The van der Waals surface area contributed by atoms with E-state index < -0.39 is 0 Å². The Bertz CT molecular complexity index is 578. The van der Waals surface area contributed by atoms with Crippen LogP contribution >= 0.6 is 0 Å². The Morgan fingerprint density at radius 1 is 1.21 bits per heavy atom. The van der Waals surface area contributed by atoms with Gasteiger partial charge >= 0.3 is 0 Å². The molecule has 0 unspecified atom stereocenters. The molecule has 0 atom stereocenters. The molecule has 0 bridgehead atoms. The first-order valence-corrected chi connectivity index (χ1v) is 6.01. The molecule has 5 heteroatoms. The highest BCUT2D eigenvalue weighted by Gasteiger charge is 2.09. The van der Waals surface area contributed by atoms with Gasteiger partial charge in [0, 0.05) is 0 Å². The largest absolute Gasteiger partial charge is 0.437 e. The predicted octanol–water partition coefficient (Wildman–Crippen LogP) is 2.68. The average molecular weight is 256 g/mol. The second-order valence-electron chi connectivity index (χ2n) is 4.45. The highest BCUT2D eigenvalue weighted by Crippen LogP contribution is 2.28. The van der Waals surface area contributed by atoms with E-state index >= 15 is 0 Å². The molecule has 19 heavy (non-hydrogen) atoms. The van der Waals surface area contributed by atoms with Crippen molar-refractivity contribution in [2.45, 2.75) is 19.8 Å². The third kappa shape index (κ3) is 3.07. The number of nitrogen functional groups attached to an aromatic ring is 1. The highest BCUT2D eigenvalue weighted by molar-refractivity contribution is 5.92. The summed E-state index contributed by atoms with van der Waals surface area (Å²) in [6.45, 7) is 4.21. The van der Waals surface area contributed by atoms with Gasteiger partial charge in [-0.3, -0.25) is 5.41 Å². The number of aromatic nitrogens is 2. The fourth-order valence-corrected chi connectivity index (χ4v) is 1.67. The molecule has 0 fully saturated rings. The van der Waals surface area contributed by atoms with Crippen LogP contribution in [0, 0.1) is 5.41 Å². The van der Waals surface area contributed by atoms with E-state index in [2.05, 4.69) is 23.8 Å². The van der Waals surface area contributed by atoms with Crippen LogP contribution in [0.4, 0.5) is 0 Å². The van der Waals surface area contributed by atoms with Crippen molar-refractivity contribution in [1.82, 2.24) is 9.97 Å². The van der Waals surface area contributed by atoms with Gasteiger partial charge in [0.25, 0.3) is 0 Å². The zero-order chi connectivity index (χ0) is 13.8. The Balaban J connectivity index is 2.24. The van der Waals surface area contributed by atoms with Crippen LogP contribution in [-0.4, -0.2) is 15.8 Å². The molecule has 0 aliphatic carbocycles. The molecule has 0 aliphatic heterocycles. The lowest BCUT2D eigenvalue weighted by molar-refractivity contribution is 0.451. The molecule has 0 radical (unpaired) electrons. The number of hydrogen-bond acceptors (Lipinski definition) is 4. The lowest BCUT2D eigenvalue weighted by Gasteiger charge is -2.12. The van der Waals surface area contributed by atoms with Gasteiger partial charge in [-0.2, -0.15) is 0 Å². The van der Waals surface area contributed by atoms with Crippen molar-refractivity contribution >= 4 is 5.84 Å². The van der Waals surface area contributed by atoms with E-state index in [0.29, 0.717) is 17.5 Å². The molecular formula is C14H16N4O. The number of amidine groups is 1. The van der Waals surface area contributed by atoms with Crippen LogP contribution in [0.2, 0.25) is 0 Å². The monoisotopic (exact) mass is 256 g/mol. The Labute approximate surface area is 112 Å². The van der Waals surface area contributed by atoms with Gasteiger partial charge in [0.05, 0.1) is 12.4 Å². The Morgan fingerprint density at radius 2 is 1.95 bits per heavy atom. The van der Waals surface area contributed by atoms with Crippen LogP contribution in [0.15, 0.2) is 36.7 Å². The number of para-hydroxylation sites is 1. The van der Waals surface area contributed by atoms with Gasteiger partial charge in [0.2, 0.25) is 5.88 Å². The molecule has 0 spiro atoms. The van der Waals surface area contributed by atoms with Crippen LogP contribution in [0.5, 0.6) is 11.6 Å². The van der Waals surface area contributed by atoms with E-state index in [1.807, 2.05) is 24.3 Å². The van der Waals surface area contributed by atoms with Gasteiger partial charge < -0.3 is 10.5 Å². The minimum atomic E-state index is -0.110. The van der Waals surface area contributed by atoms with E-state index in [4.69, 9.17) is 15.9 Å². The maximum atomic E-state index is 7.25. The van der Waals surface area contributed by atoms with Gasteiger partial charge in [-0.15, -0.1) is 0 Å². The van der Waals surface area contributed by atoms with Gasteiger partial charge in [-0.1, -0.05) is 32.0 Å². The molecular weight excluding hydrogens is 240 g/mol. The van der Waals surface area contributed by atoms with Crippen LogP contribution in [0.3, 0.4) is 0 Å². The molecule has 5 nitrogen and oxygen atoms in total. The normalized spacial score (nSPS) is 10.5. The molecule has 2 aromatic rings. The number of benzene rings is 1. The standard InChI is InChI=1S/C14H16N4O/c1-9(2)10-5-3-4-6-12(10)19-13-8-17-11(7-18-13)14(15)16/h3-9H,1-2H3,(H3,15,16). The van der Waals surface area contributed by atoms with Crippen molar-refractivity contribution in [3.63, 3.8) is 0 Å². The molecule has 0 amide bonds. The zero-order valence-electron chi connectivity index (χ0n) is 10.9. The number of nitrogens with one attached hydrogen (secondary N) is 1. The summed E-state index contributed by atoms with van der Waals surface area (Å²) in [5, 5.41) is 7.25. The lowest BCUT2D eigenvalue weighted by Crippen LogP contribution is -2.13. The Hall–Kier alpha value is -2.43. The Kier molecular flexibility index (Phi) is 3.75. The number of nitrogens with zero attached hydrogens (tertiary/aromatic N) is 2. The molecule has 98 valence electrons. The fourth-order valence-electron chi connectivity index (χ4n) is 1.67. The van der Waals surface area contributed by atoms with Crippen molar-refractivity contribution in [3.05, 3.63) is 47.9 Å². The topological polar surface area (TPSA) is 84.9 Å². The maximum Gasteiger partial charge on any atom is 0.237 e. The van der Waals surface area contributed by atoms with Crippen molar-refractivity contribution in [2.75, 3.05) is 0 Å². The lowest BCUT2D eigenvalue weighted by atomic mass is 10.0. The second kappa shape index (κ2) is 5.48. The van der Waals surface area contributed by atoms with Gasteiger partial charge in [-0.25, -0.2) is 9.97 Å². The number of nitrogens with two attached hydrogens (primary N) is 1. The summed E-state index contributed by atoms with van der Waals surface area (Å²) in [5.41, 5.74) is 6.77. The summed E-state index contributed by atoms with van der Waals surface area (Å²) in [4.78, 5) is 8.10. The van der Waals surface area contributed by atoms with E-state index in [1.54, 1.807) is 0 Å². The van der Waals surface area contributed by atoms with Crippen molar-refractivity contribution < 1.29 is 4.74 Å². The first-order chi connectivity index (χ1) is 9.08. The minimum absolute atomic E-state index is 0.110. The van der Waals surface area contributed by atoms with Crippen LogP contribution in [-0.2, 0) is 0 Å². The molecule has 2 rings (SSSR count). The minimum Gasteiger partial charge on any atom is -0.437 e. The second-order valence-corrected chi connectivity index (χ2v) is 4.45. The number of hydrogen-bond donors (Lipinski definition) is 2. The van der Waals surface area contributed by atoms with Gasteiger partial charge in [0.15, 0.2) is 0 Å². The Morgan fingerprint density at radius 3 is 2.53 bits per heavy atom. The highest BCUT2D eigenvalue weighted by atomic mass is 16.5. The summed E-state index contributed by atoms with van der Waals surface area (Å²) in [5.74, 6) is 1.41. The summed E-state index contributed by atoms with van der Waals surface area (Å²) in [6.07, 6.45) is 2.89. The molecule has 1 heterocycles. The number of rotatable bonds is 4. The van der Waals surface area contributed by atoms with Gasteiger partial charge in [-0.05, 0) is 17.5 Å². The third-order valence-corrected chi connectivity index (χ3v) is 2.66. The van der Waals surface area contributed by atoms with Crippen molar-refractivity contribution in [3.8, 4) is 11.6 Å². The summed E-state index contributed by atoms with van der Waals surface area (Å²) in [6, 6.07) is 7.82. The van der Waals surface area contributed by atoms with E-state index in [9.17, 15) is 0 Å². The van der Waals surface area contributed by atoms with E-state index in [-0.39, 0.29) is 5.84 Å². The fraction of sp³-hybridized carbons (Fsp3) is 0.214. The van der Waals surface area contributed by atoms with Crippen LogP contribution in [0.1, 0.15) is 31.0 Å². The average Bonchev–Trinajstić information content (AvgIpc) is 2.39. The van der Waals surface area contributed by atoms with Crippen LogP contribution < -0.4 is 10.5 Å². The van der Waals surface area contributed by atoms with Crippen molar-refractivity contribution in [1.29, 1.82) is 5.41 Å². The maximum absolute atomic E-state index is 7.25. The zero-order valence-corrected chi connectivity index (χ0v) is 10.9. The SMILES string of the molecule is CC(C)c1ccccc1Oc1cnc(C(=N)N)cn1. The smallest absolute Gasteiger partial charge is 0.237 e. The molecule has 1 aromatic heterocycles. The molecule has 0 aliphatic rings. The number of ether oxygens (including phenoxy) is 1. The summed E-state index contributed by atoms with van der Waals surface area (Å²) in [7, 11) is 0. The predicted molar refractivity (Wildman–Crippen MR) is 73.7 cm³/mol. The molecule has 3 N–H and O–H groups in total. The van der Waals surface area contributed by atoms with Crippen LogP contribution in [0.25, 0.3) is 0 Å². The molecule has 0 saturated heterocycles. The summed E-state index contributed by atoms with van der Waals surface area (Å²) < 4.78 is 5.72. The van der Waals surface area contributed by atoms with E-state index in [0.717, 1.165) is 11.3 Å². The van der Waals surface area contributed by atoms with E-state index in [1.165, 1.54) is 12.4 Å². The first-order valence-electron chi connectivity index (χ1n) is 6.01. The molecule has 1 aromatic carbocycles. The first kappa shape index (κ1) is 13.0. The van der Waals surface area contributed by atoms with Crippen molar-refractivity contribution in [2.24, 2.45) is 5.73 Å².